The quantitative estimate of drug-likeness (QED) is 0.840. The minimum atomic E-state index is 0.361. The fourth-order valence-electron chi connectivity index (χ4n) is 3.33. The summed E-state index contributed by atoms with van der Waals surface area (Å²) in [5.74, 6) is 0. The molecule has 116 valence electrons. The summed E-state index contributed by atoms with van der Waals surface area (Å²) in [6.07, 6.45) is 0.361. The van der Waals surface area contributed by atoms with Crippen molar-refractivity contribution in [3.05, 3.63) is 71.8 Å². The van der Waals surface area contributed by atoms with Crippen LogP contribution in [0, 0.1) is 0 Å². The lowest BCUT2D eigenvalue weighted by molar-refractivity contribution is 0.00859. The van der Waals surface area contributed by atoms with Crippen molar-refractivity contribution in [2.45, 2.75) is 19.4 Å². The molecule has 1 aliphatic heterocycles. The van der Waals surface area contributed by atoms with Gasteiger partial charge in [0, 0.05) is 26.2 Å². The Morgan fingerprint density at radius 1 is 0.773 bits per heavy atom. The van der Waals surface area contributed by atoms with Gasteiger partial charge < -0.3 is 0 Å². The fraction of sp³-hybridized carbons (Fsp3) is 0.368. The predicted octanol–water partition coefficient (Wildman–Crippen LogP) is 2.85. The maximum atomic E-state index is 2.55. The third-order valence-corrected chi connectivity index (χ3v) is 4.25. The summed E-state index contributed by atoms with van der Waals surface area (Å²) in [5.41, 5.74) is 2.77. The topological polar surface area (TPSA) is 9.72 Å². The molecule has 0 N–H and O–H groups in total. The lowest BCUT2D eigenvalue weighted by atomic mass is 10.2. The van der Waals surface area contributed by atoms with E-state index in [1.54, 1.807) is 0 Å². The molecular weight excluding hydrogens is 270 g/mol. The van der Waals surface area contributed by atoms with Gasteiger partial charge in [0.15, 0.2) is 0 Å². The first-order valence-corrected chi connectivity index (χ1v) is 7.96. The number of benzene rings is 2. The van der Waals surface area contributed by atoms with E-state index in [-0.39, 0.29) is 0 Å². The molecule has 3 nitrogen and oxygen atoms in total. The normalized spacial score (nSPS) is 17.4. The van der Waals surface area contributed by atoms with Gasteiger partial charge in [-0.15, -0.1) is 0 Å². The Hall–Kier alpha value is -1.68. The molecule has 0 bridgehead atoms. The van der Waals surface area contributed by atoms with Crippen molar-refractivity contribution in [2.75, 3.05) is 27.2 Å². The molecule has 3 heteroatoms. The fourth-order valence-corrected chi connectivity index (χ4v) is 3.33. The predicted molar refractivity (Wildman–Crippen MR) is 91.2 cm³/mol. The highest BCUT2D eigenvalue weighted by Crippen LogP contribution is 2.21. The van der Waals surface area contributed by atoms with Crippen LogP contribution in [0.3, 0.4) is 0 Å². The standard InChI is InChI=1S/C19H25N3/c1-20(2)19-21(15-17-9-5-3-6-10-17)13-14-22(19)16-18-11-7-4-8-12-18/h3-12,19H,13-16H2,1-2H3. The van der Waals surface area contributed by atoms with Gasteiger partial charge in [-0.2, -0.15) is 0 Å². The Bertz CT molecular complexity index is 518. The Labute approximate surface area is 133 Å². The summed E-state index contributed by atoms with van der Waals surface area (Å²) in [6, 6.07) is 21.5. The van der Waals surface area contributed by atoms with E-state index in [9.17, 15) is 0 Å². The van der Waals surface area contributed by atoms with Gasteiger partial charge in [0.1, 0.15) is 6.29 Å². The van der Waals surface area contributed by atoms with Crippen LogP contribution in [0.15, 0.2) is 60.7 Å². The lowest BCUT2D eigenvalue weighted by Gasteiger charge is -2.35. The monoisotopic (exact) mass is 295 g/mol. The highest BCUT2D eigenvalue weighted by molar-refractivity contribution is 5.16. The first-order valence-electron chi connectivity index (χ1n) is 7.96. The smallest absolute Gasteiger partial charge is 0.119 e. The van der Waals surface area contributed by atoms with Crippen molar-refractivity contribution in [2.24, 2.45) is 0 Å². The van der Waals surface area contributed by atoms with Gasteiger partial charge in [0.25, 0.3) is 0 Å². The van der Waals surface area contributed by atoms with Crippen LogP contribution in [0.2, 0.25) is 0 Å². The lowest BCUT2D eigenvalue weighted by Crippen LogP contribution is -2.48. The summed E-state index contributed by atoms with van der Waals surface area (Å²) in [4.78, 5) is 7.43. The van der Waals surface area contributed by atoms with Crippen LogP contribution in [0.25, 0.3) is 0 Å². The van der Waals surface area contributed by atoms with E-state index in [1.165, 1.54) is 11.1 Å². The molecule has 0 aromatic heterocycles. The van der Waals surface area contributed by atoms with E-state index in [0.717, 1.165) is 26.2 Å². The molecule has 3 rings (SSSR count). The summed E-state index contributed by atoms with van der Waals surface area (Å²) >= 11 is 0. The average molecular weight is 295 g/mol. The van der Waals surface area contributed by atoms with Crippen LogP contribution >= 0.6 is 0 Å². The van der Waals surface area contributed by atoms with Crippen LogP contribution in [-0.4, -0.2) is 48.2 Å². The molecule has 2 aromatic carbocycles. The third kappa shape index (κ3) is 3.55. The maximum absolute atomic E-state index is 2.55. The Balaban J connectivity index is 1.71. The van der Waals surface area contributed by atoms with Crippen molar-refractivity contribution >= 4 is 0 Å². The minimum absolute atomic E-state index is 0.361. The van der Waals surface area contributed by atoms with Gasteiger partial charge in [-0.05, 0) is 25.2 Å². The van der Waals surface area contributed by atoms with Gasteiger partial charge in [-0.1, -0.05) is 60.7 Å². The molecule has 2 aromatic rings. The van der Waals surface area contributed by atoms with Crippen LogP contribution in [-0.2, 0) is 13.1 Å². The van der Waals surface area contributed by atoms with Crippen LogP contribution in [0.4, 0.5) is 0 Å². The zero-order chi connectivity index (χ0) is 15.4. The van der Waals surface area contributed by atoms with Crippen LogP contribution in [0.1, 0.15) is 11.1 Å². The highest BCUT2D eigenvalue weighted by Gasteiger charge is 2.33. The summed E-state index contributed by atoms with van der Waals surface area (Å²) < 4.78 is 0. The number of hydrogen-bond donors (Lipinski definition) is 0. The molecule has 1 saturated heterocycles. The number of hydrogen-bond acceptors (Lipinski definition) is 3. The van der Waals surface area contributed by atoms with Gasteiger partial charge in [-0.3, -0.25) is 14.7 Å². The van der Waals surface area contributed by atoms with E-state index in [4.69, 9.17) is 0 Å². The van der Waals surface area contributed by atoms with Crippen molar-refractivity contribution < 1.29 is 0 Å². The second kappa shape index (κ2) is 7.05. The van der Waals surface area contributed by atoms with E-state index in [1.807, 2.05) is 0 Å². The molecule has 1 aliphatic rings. The van der Waals surface area contributed by atoms with Crippen molar-refractivity contribution in [1.29, 1.82) is 0 Å². The van der Waals surface area contributed by atoms with Crippen molar-refractivity contribution in [1.82, 2.24) is 14.7 Å². The van der Waals surface area contributed by atoms with E-state index in [0.29, 0.717) is 6.29 Å². The first kappa shape index (κ1) is 15.2. The third-order valence-electron chi connectivity index (χ3n) is 4.25. The van der Waals surface area contributed by atoms with Gasteiger partial charge in [-0.25, -0.2) is 0 Å². The van der Waals surface area contributed by atoms with Crippen molar-refractivity contribution in [3.63, 3.8) is 0 Å². The molecule has 1 fully saturated rings. The van der Waals surface area contributed by atoms with Crippen LogP contribution < -0.4 is 0 Å². The average Bonchev–Trinajstić information content (AvgIpc) is 2.92. The first-order chi connectivity index (χ1) is 10.7. The highest BCUT2D eigenvalue weighted by atomic mass is 15.5. The van der Waals surface area contributed by atoms with Gasteiger partial charge in [0.2, 0.25) is 0 Å². The maximum Gasteiger partial charge on any atom is 0.119 e. The molecule has 0 saturated carbocycles. The van der Waals surface area contributed by atoms with Crippen LogP contribution in [0.5, 0.6) is 0 Å². The summed E-state index contributed by atoms with van der Waals surface area (Å²) in [5, 5.41) is 0. The largest absolute Gasteiger partial charge is 0.282 e. The minimum Gasteiger partial charge on any atom is -0.282 e. The molecule has 0 spiro atoms. The van der Waals surface area contributed by atoms with Gasteiger partial charge in [0.05, 0.1) is 0 Å². The zero-order valence-corrected chi connectivity index (χ0v) is 13.5. The van der Waals surface area contributed by atoms with E-state index in [2.05, 4.69) is 89.5 Å². The summed E-state index contributed by atoms with van der Waals surface area (Å²) in [6.45, 7) is 4.25. The molecule has 1 heterocycles. The molecule has 0 amide bonds. The summed E-state index contributed by atoms with van der Waals surface area (Å²) in [7, 11) is 4.35. The number of nitrogens with zero attached hydrogens (tertiary/aromatic N) is 3. The van der Waals surface area contributed by atoms with Gasteiger partial charge >= 0.3 is 0 Å². The molecular formula is C19H25N3. The molecule has 0 aliphatic carbocycles. The SMILES string of the molecule is CN(C)C1N(Cc2ccccc2)CCN1Cc1ccccc1. The Morgan fingerprint density at radius 3 is 1.55 bits per heavy atom. The molecule has 0 unspecified atom stereocenters. The molecule has 0 atom stereocenters. The Morgan fingerprint density at radius 2 is 1.18 bits per heavy atom. The second-order valence-corrected chi connectivity index (χ2v) is 6.22. The Kier molecular flexibility index (Phi) is 4.88. The molecule has 22 heavy (non-hydrogen) atoms. The second-order valence-electron chi connectivity index (χ2n) is 6.22. The number of rotatable bonds is 5. The van der Waals surface area contributed by atoms with Crippen molar-refractivity contribution in [3.8, 4) is 0 Å². The van der Waals surface area contributed by atoms with E-state index >= 15 is 0 Å². The molecule has 0 radical (unpaired) electrons. The van der Waals surface area contributed by atoms with E-state index < -0.39 is 0 Å². The zero-order valence-electron chi connectivity index (χ0n) is 13.5.